The van der Waals surface area contributed by atoms with Gasteiger partial charge < -0.3 is 9.64 Å². The SMILES string of the molecule is N#Cc1ccc(C(CCc2ccccc2)OC(=S)N2CCCC2)c(F)c1. The number of thiocarbonyl (C=S) groups is 1. The van der Waals surface area contributed by atoms with Gasteiger partial charge in [0.1, 0.15) is 11.9 Å². The number of nitriles is 1. The van der Waals surface area contributed by atoms with Gasteiger partial charge in [0.25, 0.3) is 5.17 Å². The molecule has 0 radical (unpaired) electrons. The standard InChI is InChI=1S/C21H21FN2OS/c22-19-14-17(15-23)8-10-18(19)20(11-9-16-6-2-1-3-7-16)25-21(26)24-12-4-5-13-24/h1-3,6-8,10,14,20H,4-5,9,11-13H2. The Morgan fingerprint density at radius 2 is 1.92 bits per heavy atom. The van der Waals surface area contributed by atoms with Crippen LogP contribution in [0.2, 0.25) is 0 Å². The molecule has 1 unspecified atom stereocenters. The molecule has 134 valence electrons. The van der Waals surface area contributed by atoms with Crippen LogP contribution in [0, 0.1) is 17.1 Å². The van der Waals surface area contributed by atoms with Gasteiger partial charge in [-0.3, -0.25) is 0 Å². The molecule has 0 bridgehead atoms. The number of rotatable bonds is 5. The third kappa shape index (κ3) is 4.59. The summed E-state index contributed by atoms with van der Waals surface area (Å²) >= 11 is 5.44. The highest BCUT2D eigenvalue weighted by Gasteiger charge is 2.23. The summed E-state index contributed by atoms with van der Waals surface area (Å²) in [5.74, 6) is -0.425. The zero-order chi connectivity index (χ0) is 18.4. The first-order valence-corrected chi connectivity index (χ1v) is 9.27. The van der Waals surface area contributed by atoms with Crippen LogP contribution in [0.15, 0.2) is 48.5 Å². The van der Waals surface area contributed by atoms with E-state index < -0.39 is 11.9 Å². The van der Waals surface area contributed by atoms with Gasteiger partial charge in [-0.05, 0) is 55.6 Å². The summed E-state index contributed by atoms with van der Waals surface area (Å²) in [5, 5.41) is 9.39. The van der Waals surface area contributed by atoms with Crippen LogP contribution >= 0.6 is 12.2 Å². The molecule has 5 heteroatoms. The van der Waals surface area contributed by atoms with E-state index in [9.17, 15) is 4.39 Å². The number of hydrogen-bond donors (Lipinski definition) is 0. The molecule has 0 spiro atoms. The Hall–Kier alpha value is -2.45. The van der Waals surface area contributed by atoms with E-state index in [0.717, 1.165) is 32.4 Å². The first-order valence-electron chi connectivity index (χ1n) is 8.86. The molecule has 26 heavy (non-hydrogen) atoms. The number of benzene rings is 2. The van der Waals surface area contributed by atoms with E-state index >= 15 is 0 Å². The summed E-state index contributed by atoms with van der Waals surface area (Å²) in [5.41, 5.74) is 1.92. The van der Waals surface area contributed by atoms with Crippen molar-refractivity contribution < 1.29 is 9.13 Å². The van der Waals surface area contributed by atoms with Crippen molar-refractivity contribution in [3.63, 3.8) is 0 Å². The van der Waals surface area contributed by atoms with Gasteiger partial charge in [-0.1, -0.05) is 36.4 Å². The van der Waals surface area contributed by atoms with Crippen molar-refractivity contribution in [1.82, 2.24) is 4.90 Å². The van der Waals surface area contributed by atoms with Crippen molar-refractivity contribution in [2.75, 3.05) is 13.1 Å². The molecular formula is C21H21FN2OS. The van der Waals surface area contributed by atoms with Gasteiger partial charge in [0.2, 0.25) is 0 Å². The van der Waals surface area contributed by atoms with Crippen molar-refractivity contribution in [3.8, 4) is 6.07 Å². The van der Waals surface area contributed by atoms with Gasteiger partial charge in [0.05, 0.1) is 11.6 Å². The molecule has 2 aromatic carbocycles. The van der Waals surface area contributed by atoms with E-state index in [0.29, 0.717) is 22.7 Å². The lowest BCUT2D eigenvalue weighted by atomic mass is 9.99. The molecule has 1 heterocycles. The summed E-state index contributed by atoms with van der Waals surface area (Å²) in [4.78, 5) is 2.03. The summed E-state index contributed by atoms with van der Waals surface area (Å²) in [7, 11) is 0. The zero-order valence-electron chi connectivity index (χ0n) is 14.5. The zero-order valence-corrected chi connectivity index (χ0v) is 15.3. The van der Waals surface area contributed by atoms with Crippen molar-refractivity contribution in [2.24, 2.45) is 0 Å². The third-order valence-corrected chi connectivity index (χ3v) is 4.98. The molecule has 0 saturated carbocycles. The van der Waals surface area contributed by atoms with Crippen LogP contribution in [0.5, 0.6) is 0 Å². The van der Waals surface area contributed by atoms with Crippen LogP contribution in [0.3, 0.4) is 0 Å². The Bertz CT molecular complexity index is 797. The van der Waals surface area contributed by atoms with Gasteiger partial charge >= 0.3 is 0 Å². The highest BCUT2D eigenvalue weighted by Crippen LogP contribution is 2.28. The number of likely N-dealkylation sites (tertiary alicyclic amines) is 1. The first-order chi connectivity index (χ1) is 12.7. The largest absolute Gasteiger partial charge is 0.463 e. The van der Waals surface area contributed by atoms with Gasteiger partial charge in [-0.15, -0.1) is 0 Å². The number of aryl methyl sites for hydroxylation is 1. The monoisotopic (exact) mass is 368 g/mol. The molecule has 1 fully saturated rings. The Labute approximate surface area is 159 Å². The predicted molar refractivity (Wildman–Crippen MR) is 103 cm³/mol. The molecular weight excluding hydrogens is 347 g/mol. The molecule has 2 aromatic rings. The highest BCUT2D eigenvalue weighted by molar-refractivity contribution is 7.80. The van der Waals surface area contributed by atoms with Crippen molar-refractivity contribution >= 4 is 17.4 Å². The molecule has 1 aliphatic heterocycles. The van der Waals surface area contributed by atoms with Crippen molar-refractivity contribution in [2.45, 2.75) is 31.8 Å². The van der Waals surface area contributed by atoms with Crippen LogP contribution in [0.1, 0.15) is 42.1 Å². The molecule has 3 nitrogen and oxygen atoms in total. The lowest BCUT2D eigenvalue weighted by molar-refractivity contribution is 0.152. The summed E-state index contributed by atoms with van der Waals surface area (Å²) < 4.78 is 20.6. The van der Waals surface area contributed by atoms with E-state index in [1.807, 2.05) is 41.3 Å². The maximum absolute atomic E-state index is 14.6. The van der Waals surface area contributed by atoms with Gasteiger partial charge in [-0.25, -0.2) is 4.39 Å². The Morgan fingerprint density at radius 1 is 1.19 bits per heavy atom. The second kappa shape index (κ2) is 8.77. The number of halogens is 1. The Morgan fingerprint density at radius 3 is 2.58 bits per heavy atom. The summed E-state index contributed by atoms with van der Waals surface area (Å²) in [6.07, 6.45) is 3.09. The maximum Gasteiger partial charge on any atom is 0.259 e. The van der Waals surface area contributed by atoms with E-state index in [2.05, 4.69) is 0 Å². The van der Waals surface area contributed by atoms with Gasteiger partial charge in [0, 0.05) is 18.7 Å². The fraction of sp³-hybridized carbons (Fsp3) is 0.333. The fourth-order valence-corrected chi connectivity index (χ4v) is 3.47. The van der Waals surface area contributed by atoms with Gasteiger partial charge in [-0.2, -0.15) is 5.26 Å². The topological polar surface area (TPSA) is 36.3 Å². The number of hydrogen-bond acceptors (Lipinski definition) is 3. The molecule has 1 atom stereocenters. The Kier molecular flexibility index (Phi) is 6.19. The van der Waals surface area contributed by atoms with E-state index in [1.54, 1.807) is 12.1 Å². The quantitative estimate of drug-likeness (QED) is 0.713. The van der Waals surface area contributed by atoms with Gasteiger partial charge in [0.15, 0.2) is 0 Å². The van der Waals surface area contributed by atoms with Crippen LogP contribution in [-0.4, -0.2) is 23.2 Å². The minimum absolute atomic E-state index is 0.301. The predicted octanol–water partition coefficient (Wildman–Crippen LogP) is 4.77. The van der Waals surface area contributed by atoms with Crippen LogP contribution < -0.4 is 0 Å². The molecule has 0 amide bonds. The minimum atomic E-state index is -0.476. The maximum atomic E-state index is 14.6. The number of ether oxygens (including phenoxy) is 1. The van der Waals surface area contributed by atoms with Crippen LogP contribution in [0.25, 0.3) is 0 Å². The van der Waals surface area contributed by atoms with Crippen LogP contribution in [0.4, 0.5) is 4.39 Å². The average molecular weight is 368 g/mol. The first kappa shape index (κ1) is 18.3. The number of nitrogens with zero attached hydrogens (tertiary/aromatic N) is 2. The average Bonchev–Trinajstić information content (AvgIpc) is 3.21. The van der Waals surface area contributed by atoms with E-state index in [1.165, 1.54) is 11.6 Å². The van der Waals surface area contributed by atoms with Crippen LogP contribution in [-0.2, 0) is 11.2 Å². The molecule has 0 N–H and O–H groups in total. The Balaban J connectivity index is 1.78. The highest BCUT2D eigenvalue weighted by atomic mass is 32.1. The minimum Gasteiger partial charge on any atom is -0.463 e. The second-order valence-electron chi connectivity index (χ2n) is 6.44. The molecule has 1 saturated heterocycles. The van der Waals surface area contributed by atoms with E-state index in [-0.39, 0.29) is 0 Å². The van der Waals surface area contributed by atoms with Crippen molar-refractivity contribution in [3.05, 3.63) is 71.0 Å². The molecule has 3 rings (SSSR count). The molecule has 1 aliphatic rings. The molecule has 0 aromatic heterocycles. The fourth-order valence-electron chi connectivity index (χ4n) is 3.17. The van der Waals surface area contributed by atoms with E-state index in [4.69, 9.17) is 22.2 Å². The summed E-state index contributed by atoms with van der Waals surface area (Å²) in [6, 6.07) is 16.5. The normalized spacial score (nSPS) is 14.7. The van der Waals surface area contributed by atoms with Crippen molar-refractivity contribution in [1.29, 1.82) is 5.26 Å². The molecule has 0 aliphatic carbocycles. The summed E-state index contributed by atoms with van der Waals surface area (Å²) in [6.45, 7) is 1.78. The third-order valence-electron chi connectivity index (χ3n) is 4.62. The lowest BCUT2D eigenvalue weighted by Gasteiger charge is -2.25. The smallest absolute Gasteiger partial charge is 0.259 e. The lowest BCUT2D eigenvalue weighted by Crippen LogP contribution is -2.29. The second-order valence-corrected chi connectivity index (χ2v) is 6.79.